The van der Waals surface area contributed by atoms with Crippen molar-refractivity contribution < 1.29 is 0 Å². The van der Waals surface area contributed by atoms with Crippen molar-refractivity contribution in [3.05, 3.63) is 223 Å². The number of fused-ring (bicyclic) bond motifs is 7. The monoisotopic (exact) mass is 714 g/mol. The Bertz CT molecular complexity index is 3140. The SMILES string of the molecule is C1=C(c2cccc3ccc4ccccc4c23)NC(c2ccc(-c3c4ccccc4cc4c3ccc3ccccc34)cc2)NC1c1ccccc1-c1ccccc1. The molecule has 0 aromatic heterocycles. The van der Waals surface area contributed by atoms with Crippen LogP contribution in [-0.4, -0.2) is 0 Å². The van der Waals surface area contributed by atoms with Gasteiger partial charge in [0.15, 0.2) is 0 Å². The quantitative estimate of drug-likeness (QED) is 0.137. The van der Waals surface area contributed by atoms with Gasteiger partial charge in [-0.05, 0) is 99.4 Å². The molecule has 1 aliphatic rings. The fourth-order valence-corrected chi connectivity index (χ4v) is 9.07. The van der Waals surface area contributed by atoms with Gasteiger partial charge in [0.25, 0.3) is 0 Å². The zero-order valence-electron chi connectivity index (χ0n) is 30.8. The normalized spacial score (nSPS) is 15.7. The molecule has 0 amide bonds. The number of hydrogen-bond acceptors (Lipinski definition) is 2. The third-order valence-electron chi connectivity index (χ3n) is 11.7. The van der Waals surface area contributed by atoms with E-state index >= 15 is 0 Å². The lowest BCUT2D eigenvalue weighted by Crippen LogP contribution is -2.39. The van der Waals surface area contributed by atoms with E-state index in [1.165, 1.54) is 92.8 Å². The maximum absolute atomic E-state index is 4.03. The molecule has 0 radical (unpaired) electrons. The predicted molar refractivity (Wildman–Crippen MR) is 237 cm³/mol. The highest BCUT2D eigenvalue weighted by atomic mass is 15.2. The second kappa shape index (κ2) is 13.4. The van der Waals surface area contributed by atoms with Crippen LogP contribution in [0.4, 0.5) is 0 Å². The summed E-state index contributed by atoms with van der Waals surface area (Å²) in [6.07, 6.45) is 2.24. The molecule has 0 bridgehead atoms. The van der Waals surface area contributed by atoms with Crippen molar-refractivity contribution in [1.82, 2.24) is 10.6 Å². The lowest BCUT2D eigenvalue weighted by molar-refractivity contribution is 0.443. The van der Waals surface area contributed by atoms with E-state index in [2.05, 4.69) is 217 Å². The third-order valence-corrected chi connectivity index (χ3v) is 11.7. The lowest BCUT2D eigenvalue weighted by Gasteiger charge is -2.34. The van der Waals surface area contributed by atoms with E-state index in [9.17, 15) is 0 Å². The topological polar surface area (TPSA) is 24.1 Å². The van der Waals surface area contributed by atoms with Gasteiger partial charge in [-0.2, -0.15) is 0 Å². The molecule has 0 fully saturated rings. The number of benzene rings is 10. The first-order valence-electron chi connectivity index (χ1n) is 19.5. The summed E-state index contributed by atoms with van der Waals surface area (Å²) < 4.78 is 0. The molecule has 0 saturated heterocycles. The molecule has 0 spiro atoms. The van der Waals surface area contributed by atoms with Crippen LogP contribution >= 0.6 is 0 Å². The van der Waals surface area contributed by atoms with Crippen LogP contribution in [0.25, 0.3) is 81.8 Å². The van der Waals surface area contributed by atoms with Crippen LogP contribution in [0, 0.1) is 0 Å². The fraction of sp³-hybridized carbons (Fsp3) is 0.0370. The van der Waals surface area contributed by atoms with Crippen molar-refractivity contribution in [1.29, 1.82) is 0 Å². The Morgan fingerprint density at radius 3 is 1.84 bits per heavy atom. The van der Waals surface area contributed by atoms with Gasteiger partial charge in [-0.3, -0.25) is 5.32 Å². The Balaban J connectivity index is 1.06. The number of hydrogen-bond donors (Lipinski definition) is 2. The Labute approximate surface area is 326 Å². The van der Waals surface area contributed by atoms with E-state index in [1.807, 2.05) is 0 Å². The van der Waals surface area contributed by atoms with Crippen LogP contribution in [-0.2, 0) is 0 Å². The van der Waals surface area contributed by atoms with Crippen molar-refractivity contribution in [3.8, 4) is 22.3 Å². The summed E-state index contributed by atoms with van der Waals surface area (Å²) in [6, 6.07) is 73.1. The Hall–Kier alpha value is -7.00. The van der Waals surface area contributed by atoms with Crippen LogP contribution in [0.1, 0.15) is 28.9 Å². The van der Waals surface area contributed by atoms with Gasteiger partial charge in [0.2, 0.25) is 0 Å². The summed E-state index contributed by atoms with van der Waals surface area (Å²) in [4.78, 5) is 0. The summed E-state index contributed by atoms with van der Waals surface area (Å²) in [5, 5.41) is 20.7. The molecule has 2 unspecified atom stereocenters. The van der Waals surface area contributed by atoms with Crippen molar-refractivity contribution in [2.24, 2.45) is 0 Å². The zero-order valence-corrected chi connectivity index (χ0v) is 30.8. The number of nitrogens with one attached hydrogen (secondary N) is 2. The van der Waals surface area contributed by atoms with E-state index in [1.54, 1.807) is 0 Å². The highest BCUT2D eigenvalue weighted by molar-refractivity contribution is 6.20. The van der Waals surface area contributed by atoms with Crippen molar-refractivity contribution in [2.75, 3.05) is 0 Å². The maximum atomic E-state index is 4.03. The average molecular weight is 715 g/mol. The summed E-state index contributed by atoms with van der Waals surface area (Å²) in [7, 11) is 0. The lowest BCUT2D eigenvalue weighted by atomic mass is 9.89. The molecule has 2 heteroatoms. The molecule has 1 aliphatic heterocycles. The molecule has 2 N–H and O–H groups in total. The van der Waals surface area contributed by atoms with Crippen LogP contribution < -0.4 is 10.6 Å². The molecule has 56 heavy (non-hydrogen) atoms. The molecular weight excluding hydrogens is 677 g/mol. The second-order valence-corrected chi connectivity index (χ2v) is 14.9. The highest BCUT2D eigenvalue weighted by Crippen LogP contribution is 2.41. The Kier molecular flexibility index (Phi) is 7.75. The van der Waals surface area contributed by atoms with Gasteiger partial charge in [-0.1, -0.05) is 194 Å². The van der Waals surface area contributed by atoms with E-state index < -0.39 is 0 Å². The maximum Gasteiger partial charge on any atom is 0.104 e. The van der Waals surface area contributed by atoms with Gasteiger partial charge in [-0.25, -0.2) is 0 Å². The molecule has 11 rings (SSSR count). The summed E-state index contributed by atoms with van der Waals surface area (Å²) >= 11 is 0. The van der Waals surface area contributed by atoms with Crippen molar-refractivity contribution in [2.45, 2.75) is 12.2 Å². The minimum absolute atomic E-state index is 0.0483. The molecule has 2 atom stereocenters. The van der Waals surface area contributed by atoms with Crippen molar-refractivity contribution in [3.63, 3.8) is 0 Å². The standard InChI is InChI=1S/C54H38N2/c1-2-13-35(14-3-1)42-19-10-11-23-46(42)50-34-51(48-24-12-18-38-26-25-37-16-5-8-21-44(37)53(38)48)56-54(55-50)40-29-27-39(28-30-40)52-45-22-9-6-17-41(45)33-49-43-20-7-4-15-36(43)31-32-47(49)52/h1-34,50,54-56H. The first-order valence-corrected chi connectivity index (χ1v) is 19.5. The minimum atomic E-state index is -0.142. The van der Waals surface area contributed by atoms with E-state index in [0.29, 0.717) is 0 Å². The van der Waals surface area contributed by atoms with Crippen molar-refractivity contribution >= 4 is 59.6 Å². The van der Waals surface area contributed by atoms with E-state index in [0.717, 1.165) is 5.70 Å². The Morgan fingerprint density at radius 1 is 0.375 bits per heavy atom. The van der Waals surface area contributed by atoms with Gasteiger partial charge >= 0.3 is 0 Å². The second-order valence-electron chi connectivity index (χ2n) is 14.9. The van der Waals surface area contributed by atoms with Gasteiger partial charge in [0.1, 0.15) is 6.17 Å². The largest absolute Gasteiger partial charge is 0.366 e. The van der Waals surface area contributed by atoms with Crippen LogP contribution in [0.15, 0.2) is 206 Å². The molecule has 0 saturated carbocycles. The van der Waals surface area contributed by atoms with Crippen LogP contribution in [0.3, 0.4) is 0 Å². The average Bonchev–Trinajstić information content (AvgIpc) is 3.28. The first-order chi connectivity index (χ1) is 27.8. The van der Waals surface area contributed by atoms with Crippen LogP contribution in [0.5, 0.6) is 0 Å². The molecule has 0 aliphatic carbocycles. The summed E-state index contributed by atoms with van der Waals surface area (Å²) in [6.45, 7) is 0. The molecule has 10 aromatic rings. The molecule has 1 heterocycles. The molecule has 264 valence electrons. The highest BCUT2D eigenvalue weighted by Gasteiger charge is 2.27. The zero-order chi connectivity index (χ0) is 37.0. The van der Waals surface area contributed by atoms with E-state index in [-0.39, 0.29) is 12.2 Å². The van der Waals surface area contributed by atoms with E-state index in [4.69, 9.17) is 0 Å². The number of rotatable bonds is 5. The van der Waals surface area contributed by atoms with Gasteiger partial charge in [0.05, 0.1) is 6.04 Å². The fourth-order valence-electron chi connectivity index (χ4n) is 9.07. The van der Waals surface area contributed by atoms with Gasteiger partial charge in [0, 0.05) is 11.3 Å². The van der Waals surface area contributed by atoms with Gasteiger partial charge < -0.3 is 5.32 Å². The molecular formula is C54H38N2. The molecule has 2 nitrogen and oxygen atoms in total. The smallest absolute Gasteiger partial charge is 0.104 e. The Morgan fingerprint density at radius 2 is 1.00 bits per heavy atom. The first kappa shape index (κ1) is 32.4. The minimum Gasteiger partial charge on any atom is -0.366 e. The molecule has 10 aromatic carbocycles. The van der Waals surface area contributed by atoms with Gasteiger partial charge in [-0.15, -0.1) is 0 Å². The third kappa shape index (κ3) is 5.46. The summed E-state index contributed by atoms with van der Waals surface area (Å²) in [5.74, 6) is 0. The predicted octanol–water partition coefficient (Wildman–Crippen LogP) is 13.8. The summed E-state index contributed by atoms with van der Waals surface area (Å²) in [5.41, 5.74) is 9.70. The van der Waals surface area contributed by atoms with Crippen LogP contribution in [0.2, 0.25) is 0 Å².